The molecule has 1 nitrogen and oxygen atoms in total. The van der Waals surface area contributed by atoms with Crippen LogP contribution in [-0.2, 0) is 0 Å². The van der Waals surface area contributed by atoms with Gasteiger partial charge in [-0.2, -0.15) is 0 Å². The summed E-state index contributed by atoms with van der Waals surface area (Å²) < 4.78 is 0. The first-order valence-electron chi connectivity index (χ1n) is 3.04. The molecule has 2 rings (SSSR count). The summed E-state index contributed by atoms with van der Waals surface area (Å²) in [4.78, 5) is 0. The van der Waals surface area contributed by atoms with Gasteiger partial charge in [-0.15, -0.1) is 0 Å². The van der Waals surface area contributed by atoms with E-state index in [2.05, 4.69) is 0 Å². The molecule has 40 valence electrons. The van der Waals surface area contributed by atoms with Gasteiger partial charge in [-0.05, 0) is 25.2 Å². The minimum absolute atomic E-state index is 0.139. The molecule has 2 aliphatic rings. The fraction of sp³-hybridized carbons (Fsp3) is 1.00. The highest BCUT2D eigenvalue weighted by Gasteiger charge is 2.55. The van der Waals surface area contributed by atoms with Gasteiger partial charge in [0.2, 0.25) is 0 Å². The second-order valence-electron chi connectivity index (χ2n) is 2.90. The van der Waals surface area contributed by atoms with Crippen LogP contribution in [-0.4, -0.2) is 10.7 Å². The Hall–Kier alpha value is -0.0400. The maximum Gasteiger partial charge on any atom is 0.0680 e. The minimum Gasteiger partial charge on any atom is -0.390 e. The van der Waals surface area contributed by atoms with Crippen molar-refractivity contribution in [3.05, 3.63) is 0 Å². The molecule has 1 N–H and O–H groups in total. The van der Waals surface area contributed by atoms with Crippen molar-refractivity contribution in [1.82, 2.24) is 0 Å². The molecular formula is C6H10O. The smallest absolute Gasteiger partial charge is 0.0680 e. The molecule has 0 heterocycles. The highest BCUT2D eigenvalue weighted by Crippen LogP contribution is 2.55. The summed E-state index contributed by atoms with van der Waals surface area (Å²) in [6, 6.07) is 0. The molecular weight excluding hydrogens is 88.1 g/mol. The van der Waals surface area contributed by atoms with Crippen LogP contribution in [0.3, 0.4) is 0 Å². The molecule has 2 atom stereocenters. The highest BCUT2D eigenvalue weighted by molar-refractivity contribution is 5.07. The average Bonchev–Trinajstić information content (AvgIpc) is 2.09. The lowest BCUT2D eigenvalue weighted by atomic mass is 10.2. The number of fused-ring (bicyclic) bond motifs is 1. The lowest BCUT2D eigenvalue weighted by Crippen LogP contribution is -2.02. The van der Waals surface area contributed by atoms with Crippen LogP contribution in [0.1, 0.15) is 25.7 Å². The molecule has 1 heteroatoms. The molecule has 0 aliphatic heterocycles. The number of aliphatic hydroxyl groups is 1. The Balaban J connectivity index is 2.17. The van der Waals surface area contributed by atoms with Crippen molar-refractivity contribution in [3.8, 4) is 0 Å². The Labute approximate surface area is 43.3 Å². The van der Waals surface area contributed by atoms with E-state index < -0.39 is 0 Å². The van der Waals surface area contributed by atoms with Crippen molar-refractivity contribution in [2.75, 3.05) is 0 Å². The lowest BCUT2D eigenvalue weighted by molar-refractivity contribution is 0.142. The zero-order chi connectivity index (χ0) is 4.91. The van der Waals surface area contributed by atoms with Crippen LogP contribution in [0.2, 0.25) is 0 Å². The van der Waals surface area contributed by atoms with Crippen LogP contribution in [0.5, 0.6) is 0 Å². The average molecular weight is 98.1 g/mol. The van der Waals surface area contributed by atoms with Gasteiger partial charge in [0.05, 0.1) is 5.60 Å². The molecule has 0 amide bonds. The van der Waals surface area contributed by atoms with E-state index in [9.17, 15) is 5.11 Å². The Morgan fingerprint density at radius 3 is 2.57 bits per heavy atom. The Kier molecular flexibility index (Phi) is 0.487. The summed E-state index contributed by atoms with van der Waals surface area (Å²) >= 11 is 0. The first-order valence-corrected chi connectivity index (χ1v) is 3.04. The molecule has 0 bridgehead atoms. The quantitative estimate of drug-likeness (QED) is 0.477. The maximum absolute atomic E-state index is 9.27. The van der Waals surface area contributed by atoms with Crippen molar-refractivity contribution in [2.45, 2.75) is 31.3 Å². The molecule has 2 fully saturated rings. The van der Waals surface area contributed by atoms with Crippen LogP contribution in [0, 0.1) is 5.92 Å². The maximum atomic E-state index is 9.27. The molecule has 0 saturated heterocycles. The summed E-state index contributed by atoms with van der Waals surface area (Å²) in [6.07, 6.45) is 4.74. The van der Waals surface area contributed by atoms with E-state index in [-0.39, 0.29) is 5.60 Å². The molecule has 1 unspecified atom stereocenters. The Morgan fingerprint density at radius 2 is 2.43 bits per heavy atom. The fourth-order valence-electron chi connectivity index (χ4n) is 1.70. The van der Waals surface area contributed by atoms with Crippen LogP contribution >= 0.6 is 0 Å². The fourth-order valence-corrected chi connectivity index (χ4v) is 1.70. The summed E-state index contributed by atoms with van der Waals surface area (Å²) in [6.45, 7) is 0. The number of hydrogen-bond donors (Lipinski definition) is 1. The van der Waals surface area contributed by atoms with Crippen LogP contribution in [0.15, 0.2) is 0 Å². The second kappa shape index (κ2) is 0.873. The summed E-state index contributed by atoms with van der Waals surface area (Å²) in [7, 11) is 0. The van der Waals surface area contributed by atoms with Gasteiger partial charge in [-0.1, -0.05) is 6.42 Å². The van der Waals surface area contributed by atoms with E-state index in [1.165, 1.54) is 12.8 Å². The van der Waals surface area contributed by atoms with Crippen molar-refractivity contribution >= 4 is 0 Å². The Bertz CT molecular complexity index is 98.4. The van der Waals surface area contributed by atoms with Gasteiger partial charge in [0.25, 0.3) is 0 Å². The van der Waals surface area contributed by atoms with E-state index in [4.69, 9.17) is 0 Å². The lowest BCUT2D eigenvalue weighted by Gasteiger charge is -1.96. The number of rotatable bonds is 0. The minimum atomic E-state index is -0.139. The van der Waals surface area contributed by atoms with Crippen molar-refractivity contribution in [1.29, 1.82) is 0 Å². The third-order valence-corrected chi connectivity index (χ3v) is 2.36. The third-order valence-electron chi connectivity index (χ3n) is 2.36. The molecule has 0 aromatic heterocycles. The standard InChI is InChI=1S/C6H10O/c7-6-3-1-2-5(6)4-6/h5,7H,1-4H2/t5-,6?/m1/s1. The predicted octanol–water partition coefficient (Wildman–Crippen LogP) is 0.921. The Morgan fingerprint density at radius 1 is 1.57 bits per heavy atom. The third kappa shape index (κ3) is 0.367. The SMILES string of the molecule is OC12CCC[C@@H]1C2. The number of hydrogen-bond acceptors (Lipinski definition) is 1. The highest BCUT2D eigenvalue weighted by atomic mass is 16.3. The van der Waals surface area contributed by atoms with Gasteiger partial charge >= 0.3 is 0 Å². The van der Waals surface area contributed by atoms with Gasteiger partial charge < -0.3 is 5.11 Å². The van der Waals surface area contributed by atoms with E-state index >= 15 is 0 Å². The topological polar surface area (TPSA) is 20.2 Å². The first-order chi connectivity index (χ1) is 3.31. The van der Waals surface area contributed by atoms with Crippen LogP contribution in [0.25, 0.3) is 0 Å². The van der Waals surface area contributed by atoms with Crippen molar-refractivity contribution in [3.63, 3.8) is 0 Å². The largest absolute Gasteiger partial charge is 0.390 e. The van der Waals surface area contributed by atoms with Gasteiger partial charge in [0, 0.05) is 0 Å². The van der Waals surface area contributed by atoms with Crippen LogP contribution < -0.4 is 0 Å². The summed E-state index contributed by atoms with van der Waals surface area (Å²) in [5, 5.41) is 9.27. The van der Waals surface area contributed by atoms with E-state index in [0.717, 1.165) is 12.8 Å². The second-order valence-corrected chi connectivity index (χ2v) is 2.90. The summed E-state index contributed by atoms with van der Waals surface area (Å²) in [5.41, 5.74) is -0.139. The molecule has 0 spiro atoms. The zero-order valence-corrected chi connectivity index (χ0v) is 4.35. The molecule has 0 aromatic carbocycles. The van der Waals surface area contributed by atoms with E-state index in [1.54, 1.807) is 0 Å². The van der Waals surface area contributed by atoms with Gasteiger partial charge in [-0.3, -0.25) is 0 Å². The van der Waals surface area contributed by atoms with Crippen molar-refractivity contribution in [2.24, 2.45) is 5.92 Å². The van der Waals surface area contributed by atoms with E-state index in [0.29, 0.717) is 5.92 Å². The molecule has 0 radical (unpaired) electrons. The van der Waals surface area contributed by atoms with Gasteiger partial charge in [0.15, 0.2) is 0 Å². The van der Waals surface area contributed by atoms with Crippen molar-refractivity contribution < 1.29 is 5.11 Å². The normalized spacial score (nSPS) is 57.0. The van der Waals surface area contributed by atoms with Crippen LogP contribution in [0.4, 0.5) is 0 Å². The zero-order valence-electron chi connectivity index (χ0n) is 4.35. The predicted molar refractivity (Wildman–Crippen MR) is 26.9 cm³/mol. The van der Waals surface area contributed by atoms with Gasteiger partial charge in [0.1, 0.15) is 0 Å². The van der Waals surface area contributed by atoms with Gasteiger partial charge in [-0.25, -0.2) is 0 Å². The summed E-state index contributed by atoms with van der Waals surface area (Å²) in [5.74, 6) is 0.715. The molecule has 2 saturated carbocycles. The molecule has 2 aliphatic carbocycles. The molecule has 7 heavy (non-hydrogen) atoms. The molecule has 0 aromatic rings. The first kappa shape index (κ1) is 3.90. The monoisotopic (exact) mass is 98.1 g/mol. The van der Waals surface area contributed by atoms with E-state index in [1.807, 2.05) is 0 Å².